The SMILES string of the molecule is CC(C)(C)OC(=O)N1C[C@H](O)C[C@H]1C(=O)NCC1(O)C2CC1CC(S(=O)(=O)c1cc(C(=O)Nc3cc(F)c(F)c(F)c3)ccc1Cl)C2. The van der Waals surface area contributed by atoms with Crippen LogP contribution in [0.25, 0.3) is 0 Å². The van der Waals surface area contributed by atoms with E-state index in [9.17, 15) is 46.2 Å². The summed E-state index contributed by atoms with van der Waals surface area (Å²) in [5.74, 6) is -7.23. The topological polar surface area (TPSA) is 162 Å². The maximum Gasteiger partial charge on any atom is 0.411 e. The highest BCUT2D eigenvalue weighted by Crippen LogP contribution is 2.55. The largest absolute Gasteiger partial charge is 0.444 e. The van der Waals surface area contributed by atoms with E-state index >= 15 is 0 Å². The molecular formula is C31H35ClF3N3O8S. The summed E-state index contributed by atoms with van der Waals surface area (Å²) in [6.07, 6.45) is -1.09. The van der Waals surface area contributed by atoms with Gasteiger partial charge in [-0.05, 0) is 70.1 Å². The van der Waals surface area contributed by atoms with E-state index in [-0.39, 0.29) is 53.5 Å². The molecule has 4 fully saturated rings. The molecular weight excluding hydrogens is 667 g/mol. The Morgan fingerprint density at radius 2 is 1.66 bits per heavy atom. The molecule has 4 N–H and O–H groups in total. The molecule has 0 spiro atoms. The molecule has 47 heavy (non-hydrogen) atoms. The van der Waals surface area contributed by atoms with Gasteiger partial charge in [0.05, 0.1) is 33.4 Å². The van der Waals surface area contributed by atoms with Gasteiger partial charge in [-0.15, -0.1) is 0 Å². The van der Waals surface area contributed by atoms with Crippen LogP contribution in [0.15, 0.2) is 35.2 Å². The summed E-state index contributed by atoms with van der Waals surface area (Å²) in [5.41, 5.74) is -2.78. The van der Waals surface area contributed by atoms with Crippen LogP contribution in [0.1, 0.15) is 56.8 Å². The maximum atomic E-state index is 13.7. The van der Waals surface area contributed by atoms with Crippen LogP contribution in [0.3, 0.4) is 0 Å². The lowest BCUT2D eigenvalue weighted by Crippen LogP contribution is -2.66. The quantitative estimate of drug-likeness (QED) is 0.317. The first-order chi connectivity index (χ1) is 21.8. The average molecular weight is 702 g/mol. The van der Waals surface area contributed by atoms with Gasteiger partial charge in [-0.25, -0.2) is 26.4 Å². The van der Waals surface area contributed by atoms with Crippen molar-refractivity contribution in [2.45, 2.75) is 79.9 Å². The van der Waals surface area contributed by atoms with Crippen LogP contribution >= 0.6 is 11.6 Å². The second-order valence-electron chi connectivity index (χ2n) is 13.4. The van der Waals surface area contributed by atoms with Crippen molar-refractivity contribution >= 4 is 45.0 Å². The van der Waals surface area contributed by atoms with Crippen LogP contribution in [-0.4, -0.2) is 83.1 Å². The third kappa shape index (κ3) is 6.94. The van der Waals surface area contributed by atoms with Gasteiger partial charge < -0.3 is 25.6 Å². The van der Waals surface area contributed by atoms with Gasteiger partial charge in [-0.2, -0.15) is 0 Å². The molecule has 2 unspecified atom stereocenters. The number of anilines is 1. The third-order valence-electron chi connectivity index (χ3n) is 9.01. The van der Waals surface area contributed by atoms with Crippen LogP contribution < -0.4 is 10.6 Å². The molecule has 3 amide bonds. The lowest BCUT2D eigenvalue weighted by molar-refractivity contribution is -0.174. The molecule has 16 heteroatoms. The number of amides is 3. The van der Waals surface area contributed by atoms with Gasteiger partial charge in [0.25, 0.3) is 5.91 Å². The lowest BCUT2D eigenvalue weighted by Gasteiger charge is -2.58. The fourth-order valence-electron chi connectivity index (χ4n) is 6.60. The number of hydrogen-bond donors (Lipinski definition) is 4. The molecule has 3 saturated carbocycles. The molecule has 6 rings (SSSR count). The van der Waals surface area contributed by atoms with E-state index in [1.165, 1.54) is 12.1 Å². The van der Waals surface area contributed by atoms with Crippen LogP contribution in [-0.2, 0) is 19.4 Å². The van der Waals surface area contributed by atoms with Crippen LogP contribution in [0.2, 0.25) is 5.02 Å². The van der Waals surface area contributed by atoms with Crippen molar-refractivity contribution in [2.75, 3.05) is 18.4 Å². The van der Waals surface area contributed by atoms with Crippen molar-refractivity contribution in [3.05, 3.63) is 58.4 Å². The third-order valence-corrected chi connectivity index (χ3v) is 11.7. The molecule has 1 heterocycles. The van der Waals surface area contributed by atoms with E-state index in [4.69, 9.17) is 16.3 Å². The molecule has 0 aromatic heterocycles. The highest BCUT2D eigenvalue weighted by molar-refractivity contribution is 7.92. The molecule has 1 saturated heterocycles. The fourth-order valence-corrected chi connectivity index (χ4v) is 9.00. The number of sulfone groups is 1. The number of nitrogens with zero attached hydrogens (tertiary/aromatic N) is 1. The Balaban J connectivity index is 1.24. The summed E-state index contributed by atoms with van der Waals surface area (Å²) >= 11 is 6.25. The van der Waals surface area contributed by atoms with Gasteiger partial charge in [0.2, 0.25) is 5.91 Å². The van der Waals surface area contributed by atoms with E-state index in [1.807, 2.05) is 0 Å². The Bertz CT molecular complexity index is 1680. The predicted molar refractivity (Wildman–Crippen MR) is 163 cm³/mol. The van der Waals surface area contributed by atoms with E-state index < -0.39 is 85.6 Å². The molecule has 11 nitrogen and oxygen atoms in total. The molecule has 256 valence electrons. The first-order valence-electron chi connectivity index (χ1n) is 15.0. The number of carbonyl (C=O) groups excluding carboxylic acids is 3. The van der Waals surface area contributed by atoms with Gasteiger partial charge in [0.15, 0.2) is 27.3 Å². The van der Waals surface area contributed by atoms with Gasteiger partial charge in [-0.1, -0.05) is 11.6 Å². The van der Waals surface area contributed by atoms with Gasteiger partial charge in [0, 0.05) is 36.3 Å². The Morgan fingerprint density at radius 3 is 2.26 bits per heavy atom. The number of aliphatic hydroxyl groups is 2. The van der Waals surface area contributed by atoms with Crippen LogP contribution in [0, 0.1) is 29.3 Å². The Kier molecular flexibility index (Phi) is 9.34. The van der Waals surface area contributed by atoms with Crippen molar-refractivity contribution in [3.8, 4) is 0 Å². The summed E-state index contributed by atoms with van der Waals surface area (Å²) in [5, 5.41) is 25.4. The number of likely N-dealkylation sites (tertiary alicyclic amines) is 1. The van der Waals surface area contributed by atoms with Gasteiger partial charge >= 0.3 is 6.09 Å². The summed E-state index contributed by atoms with van der Waals surface area (Å²) in [7, 11) is -4.14. The number of aliphatic hydroxyl groups excluding tert-OH is 1. The summed E-state index contributed by atoms with van der Waals surface area (Å²) in [6.45, 7) is 4.75. The number of fused-ring (bicyclic) bond motifs is 2. The molecule has 2 aromatic carbocycles. The van der Waals surface area contributed by atoms with E-state index in [2.05, 4.69) is 10.6 Å². The molecule has 4 aliphatic rings. The fraction of sp³-hybridized carbons (Fsp3) is 0.516. The summed E-state index contributed by atoms with van der Waals surface area (Å²) < 4.78 is 73.3. The van der Waals surface area contributed by atoms with Crippen LogP contribution in [0.4, 0.5) is 23.7 Å². The molecule has 1 aliphatic heterocycles. The maximum absolute atomic E-state index is 13.7. The second kappa shape index (κ2) is 12.6. The van der Waals surface area contributed by atoms with E-state index in [1.54, 1.807) is 20.8 Å². The zero-order chi connectivity index (χ0) is 34.6. The Morgan fingerprint density at radius 1 is 1.04 bits per heavy atom. The van der Waals surface area contributed by atoms with Gasteiger partial charge in [0.1, 0.15) is 11.6 Å². The lowest BCUT2D eigenvalue weighted by atomic mass is 9.53. The van der Waals surface area contributed by atoms with E-state index in [0.717, 1.165) is 11.0 Å². The monoisotopic (exact) mass is 701 g/mol. The predicted octanol–water partition coefficient (Wildman–Crippen LogP) is 3.80. The van der Waals surface area contributed by atoms with Crippen molar-refractivity contribution in [3.63, 3.8) is 0 Å². The van der Waals surface area contributed by atoms with Crippen molar-refractivity contribution < 1.29 is 50.9 Å². The van der Waals surface area contributed by atoms with Crippen molar-refractivity contribution in [1.82, 2.24) is 10.2 Å². The minimum atomic E-state index is -4.14. The van der Waals surface area contributed by atoms with E-state index in [0.29, 0.717) is 18.6 Å². The van der Waals surface area contributed by atoms with Crippen molar-refractivity contribution in [1.29, 1.82) is 0 Å². The normalized spacial score (nSPS) is 27.2. The first-order valence-corrected chi connectivity index (χ1v) is 16.9. The Labute approximate surface area is 274 Å². The molecule has 2 bridgehead atoms. The number of ether oxygens (including phenoxy) is 1. The second-order valence-corrected chi connectivity index (χ2v) is 16.0. The number of benzene rings is 2. The smallest absolute Gasteiger partial charge is 0.411 e. The molecule has 0 radical (unpaired) electrons. The number of nitrogens with one attached hydrogen (secondary N) is 2. The molecule has 3 aliphatic carbocycles. The summed E-state index contributed by atoms with van der Waals surface area (Å²) in [4.78, 5) is 39.3. The molecule has 4 atom stereocenters. The number of rotatable bonds is 7. The highest BCUT2D eigenvalue weighted by atomic mass is 35.5. The molecule has 2 aromatic rings. The standard InChI is InChI=1S/C31H35ClF3N3O8S/c1-30(2,3)46-29(42)38-13-19(39)12-24(38)28(41)36-14-31(43)16-7-17(31)9-20(8-16)47(44,45)25-6-15(4-5-21(25)32)27(40)37-18-10-22(33)26(35)23(34)11-18/h4-6,10-11,16-17,19-20,24,39,43H,7-9,12-14H2,1-3H3,(H,36,41)(H,37,40)/t16?,17?,19-,20?,24+,31?/m1/s1. The average Bonchev–Trinajstić information content (AvgIpc) is 3.39. The number of β-amino-alcohol motifs (C(OH)–C–C–N with tert-alkyl or cyclic N) is 1. The number of halogens is 4. The van der Waals surface area contributed by atoms with Crippen LogP contribution in [0.5, 0.6) is 0 Å². The minimum Gasteiger partial charge on any atom is -0.444 e. The van der Waals surface area contributed by atoms with Gasteiger partial charge in [-0.3, -0.25) is 14.5 Å². The number of hydrogen-bond acceptors (Lipinski definition) is 8. The minimum absolute atomic E-state index is 0.00774. The first kappa shape index (κ1) is 34.9. The highest BCUT2D eigenvalue weighted by Gasteiger charge is 2.60. The summed E-state index contributed by atoms with van der Waals surface area (Å²) in [6, 6.07) is 3.61. The zero-order valence-electron chi connectivity index (χ0n) is 25.7. The Hall–Kier alpha value is -3.40. The zero-order valence-corrected chi connectivity index (χ0v) is 27.3. The van der Waals surface area contributed by atoms with Crippen molar-refractivity contribution in [2.24, 2.45) is 11.8 Å². The number of carbonyl (C=O) groups is 3.